The first-order valence-corrected chi connectivity index (χ1v) is 6.85. The summed E-state index contributed by atoms with van der Waals surface area (Å²) in [4.78, 5) is 26.3. The number of ether oxygens (including phenoxy) is 1. The van der Waals surface area contributed by atoms with Crippen LogP contribution in [0.15, 0.2) is 24.5 Å². The van der Waals surface area contributed by atoms with Crippen molar-refractivity contribution in [2.45, 2.75) is 19.8 Å². The number of carbonyl (C=O) groups is 2. The van der Waals surface area contributed by atoms with E-state index in [0.717, 1.165) is 25.5 Å². The van der Waals surface area contributed by atoms with E-state index in [-0.39, 0.29) is 5.91 Å². The van der Waals surface area contributed by atoms with E-state index in [4.69, 9.17) is 9.84 Å². The number of hydrogen-bond donors (Lipinski definition) is 2. The van der Waals surface area contributed by atoms with Gasteiger partial charge in [0.25, 0.3) is 5.91 Å². The molecular weight excluding hydrogens is 272 g/mol. The molecule has 1 amide bonds. The summed E-state index contributed by atoms with van der Waals surface area (Å²) in [6.45, 7) is 3.92. The number of carboxylic acid groups (broad SMARTS) is 1. The van der Waals surface area contributed by atoms with Crippen LogP contribution in [0, 0.1) is 0 Å². The Morgan fingerprint density at radius 1 is 1.38 bits per heavy atom. The molecule has 0 saturated heterocycles. The van der Waals surface area contributed by atoms with Crippen LogP contribution in [0.2, 0.25) is 0 Å². The van der Waals surface area contributed by atoms with E-state index in [1.54, 1.807) is 6.07 Å². The van der Waals surface area contributed by atoms with Crippen molar-refractivity contribution in [1.29, 1.82) is 0 Å². The van der Waals surface area contributed by atoms with E-state index in [9.17, 15) is 9.59 Å². The molecule has 0 saturated carbocycles. The van der Waals surface area contributed by atoms with Gasteiger partial charge >= 0.3 is 5.97 Å². The van der Waals surface area contributed by atoms with E-state index in [2.05, 4.69) is 10.3 Å². The quantitative estimate of drug-likeness (QED) is 0.534. The lowest BCUT2D eigenvalue weighted by Gasteiger charge is -2.06. The van der Waals surface area contributed by atoms with Gasteiger partial charge in [-0.25, -0.2) is 4.79 Å². The van der Waals surface area contributed by atoms with Gasteiger partial charge in [0.1, 0.15) is 0 Å². The lowest BCUT2D eigenvalue weighted by atomic mass is 10.2. The fraction of sp³-hybridized carbons (Fsp3) is 0.400. The Morgan fingerprint density at radius 3 is 2.90 bits per heavy atom. The minimum absolute atomic E-state index is 0.233. The molecule has 0 radical (unpaired) electrons. The van der Waals surface area contributed by atoms with Gasteiger partial charge < -0.3 is 15.2 Å². The number of aromatic nitrogens is 1. The highest BCUT2D eigenvalue weighted by atomic mass is 16.5. The first kappa shape index (κ1) is 16.8. The van der Waals surface area contributed by atoms with Crippen LogP contribution in [0.5, 0.6) is 0 Å². The maximum Gasteiger partial charge on any atom is 0.328 e. The number of carbonyl (C=O) groups excluding carboxylic acids is 1. The minimum Gasteiger partial charge on any atom is -0.478 e. The number of nitrogens with zero attached hydrogens (tertiary/aromatic N) is 1. The first-order valence-electron chi connectivity index (χ1n) is 6.85. The maximum atomic E-state index is 11.9. The van der Waals surface area contributed by atoms with Gasteiger partial charge in [0.05, 0.1) is 5.56 Å². The minimum atomic E-state index is -1.04. The number of amides is 1. The van der Waals surface area contributed by atoms with Gasteiger partial charge in [-0.1, -0.05) is 6.92 Å². The van der Waals surface area contributed by atoms with Crippen molar-refractivity contribution in [3.8, 4) is 0 Å². The Balaban J connectivity index is 2.43. The van der Waals surface area contributed by atoms with Crippen LogP contribution >= 0.6 is 0 Å². The van der Waals surface area contributed by atoms with Crippen molar-refractivity contribution in [2.75, 3.05) is 19.8 Å². The third kappa shape index (κ3) is 7.22. The summed E-state index contributed by atoms with van der Waals surface area (Å²) in [5, 5.41) is 11.3. The third-order valence-corrected chi connectivity index (χ3v) is 2.54. The van der Waals surface area contributed by atoms with Gasteiger partial charge in [0, 0.05) is 38.2 Å². The van der Waals surface area contributed by atoms with Crippen LogP contribution in [0.4, 0.5) is 0 Å². The predicted molar refractivity (Wildman–Crippen MR) is 79.0 cm³/mol. The van der Waals surface area contributed by atoms with Gasteiger partial charge in [-0.05, 0) is 30.5 Å². The number of nitrogens with one attached hydrogen (secondary N) is 1. The second-order valence-electron chi connectivity index (χ2n) is 4.40. The van der Waals surface area contributed by atoms with Crippen molar-refractivity contribution < 1.29 is 19.4 Å². The number of rotatable bonds is 9. The first-order chi connectivity index (χ1) is 10.1. The van der Waals surface area contributed by atoms with Crippen LogP contribution in [-0.2, 0) is 9.53 Å². The molecule has 1 aromatic rings. The molecule has 0 aliphatic carbocycles. The van der Waals surface area contributed by atoms with Gasteiger partial charge in [-0.15, -0.1) is 0 Å². The lowest BCUT2D eigenvalue weighted by Crippen LogP contribution is -2.25. The zero-order valence-electron chi connectivity index (χ0n) is 12.0. The number of hydrogen-bond acceptors (Lipinski definition) is 4. The summed E-state index contributed by atoms with van der Waals surface area (Å²) in [5.41, 5.74) is 0.966. The number of carboxylic acids is 1. The molecule has 2 N–H and O–H groups in total. The van der Waals surface area contributed by atoms with E-state index >= 15 is 0 Å². The summed E-state index contributed by atoms with van der Waals surface area (Å²) < 4.78 is 5.32. The van der Waals surface area contributed by atoms with Crippen molar-refractivity contribution in [3.63, 3.8) is 0 Å². The zero-order chi connectivity index (χ0) is 15.5. The molecule has 1 heterocycles. The molecule has 0 aliphatic heterocycles. The van der Waals surface area contributed by atoms with Gasteiger partial charge in [-0.3, -0.25) is 9.78 Å². The average Bonchev–Trinajstić information content (AvgIpc) is 2.48. The van der Waals surface area contributed by atoms with Crippen LogP contribution in [0.25, 0.3) is 6.08 Å². The Labute approximate surface area is 123 Å². The Morgan fingerprint density at radius 2 is 2.19 bits per heavy atom. The molecule has 1 aromatic heterocycles. The predicted octanol–water partition coefficient (Wildman–Crippen LogP) is 1.73. The molecule has 21 heavy (non-hydrogen) atoms. The number of pyridine rings is 1. The van der Waals surface area contributed by atoms with Gasteiger partial charge in [0.15, 0.2) is 0 Å². The second kappa shape index (κ2) is 9.66. The van der Waals surface area contributed by atoms with Crippen LogP contribution < -0.4 is 5.32 Å². The van der Waals surface area contributed by atoms with E-state index in [0.29, 0.717) is 24.3 Å². The standard InChI is InChI=1S/C15H20N2O4/c1-2-7-21-8-3-6-17-15(20)13-9-12(10-16-11-13)4-5-14(18)19/h4-5,9-11H,2-3,6-8H2,1H3,(H,17,20)(H,18,19)/b5-4+. The largest absolute Gasteiger partial charge is 0.478 e. The summed E-state index contributed by atoms with van der Waals surface area (Å²) in [6.07, 6.45) is 7.07. The van der Waals surface area contributed by atoms with Crippen molar-refractivity contribution in [3.05, 3.63) is 35.7 Å². The highest BCUT2D eigenvalue weighted by Crippen LogP contribution is 2.05. The second-order valence-corrected chi connectivity index (χ2v) is 4.40. The smallest absolute Gasteiger partial charge is 0.328 e. The maximum absolute atomic E-state index is 11.9. The van der Waals surface area contributed by atoms with Gasteiger partial charge in [0.2, 0.25) is 0 Å². The summed E-state index contributed by atoms with van der Waals surface area (Å²) >= 11 is 0. The molecule has 0 unspecified atom stereocenters. The van der Waals surface area contributed by atoms with Crippen LogP contribution in [0.1, 0.15) is 35.7 Å². The summed E-state index contributed by atoms with van der Waals surface area (Å²) in [5.74, 6) is -1.28. The SMILES string of the molecule is CCCOCCCNC(=O)c1cncc(/C=C/C(=O)O)c1. The molecular formula is C15H20N2O4. The van der Waals surface area contributed by atoms with Gasteiger partial charge in [-0.2, -0.15) is 0 Å². The number of aliphatic carboxylic acids is 1. The summed E-state index contributed by atoms with van der Waals surface area (Å²) in [7, 11) is 0. The molecule has 0 aromatic carbocycles. The normalized spacial score (nSPS) is 10.7. The molecule has 1 rings (SSSR count). The van der Waals surface area contributed by atoms with Crippen molar-refractivity contribution in [1.82, 2.24) is 10.3 Å². The Kier molecular flexibility index (Phi) is 7.74. The molecule has 6 nitrogen and oxygen atoms in total. The Bertz CT molecular complexity index is 500. The van der Waals surface area contributed by atoms with Crippen molar-refractivity contribution in [2.24, 2.45) is 0 Å². The fourth-order valence-corrected chi connectivity index (χ4v) is 1.57. The Hall–Kier alpha value is -2.21. The van der Waals surface area contributed by atoms with Crippen molar-refractivity contribution >= 4 is 18.0 Å². The van der Waals surface area contributed by atoms with E-state index in [1.807, 2.05) is 6.92 Å². The molecule has 0 bridgehead atoms. The molecule has 0 spiro atoms. The highest BCUT2D eigenvalue weighted by molar-refractivity contribution is 5.94. The van der Waals surface area contributed by atoms with Crippen LogP contribution in [0.3, 0.4) is 0 Å². The van der Waals surface area contributed by atoms with E-state index < -0.39 is 5.97 Å². The molecule has 114 valence electrons. The lowest BCUT2D eigenvalue weighted by molar-refractivity contribution is -0.131. The third-order valence-electron chi connectivity index (χ3n) is 2.54. The monoisotopic (exact) mass is 292 g/mol. The molecule has 0 aliphatic rings. The fourth-order valence-electron chi connectivity index (χ4n) is 1.57. The average molecular weight is 292 g/mol. The molecule has 0 fully saturated rings. The molecule has 0 atom stereocenters. The van der Waals surface area contributed by atoms with E-state index in [1.165, 1.54) is 18.5 Å². The summed E-state index contributed by atoms with van der Waals surface area (Å²) in [6, 6.07) is 1.59. The zero-order valence-corrected chi connectivity index (χ0v) is 12.0. The highest BCUT2D eigenvalue weighted by Gasteiger charge is 2.05. The molecule has 6 heteroatoms. The van der Waals surface area contributed by atoms with Crippen LogP contribution in [-0.4, -0.2) is 41.7 Å². The topological polar surface area (TPSA) is 88.5 Å².